The average Bonchev–Trinajstić information content (AvgIpc) is 3.22. The molecule has 5 nitrogen and oxygen atoms in total. The Hall–Kier alpha value is -0.170. The summed E-state index contributed by atoms with van der Waals surface area (Å²) in [6, 6.07) is 0. The van der Waals surface area contributed by atoms with Crippen molar-refractivity contribution >= 4 is 10.0 Å². The van der Waals surface area contributed by atoms with Gasteiger partial charge in [-0.25, -0.2) is 12.7 Å². The Morgan fingerprint density at radius 1 is 1.37 bits per heavy atom. The first-order chi connectivity index (χ1) is 9.08. The molecular weight excluding hydrogens is 266 g/mol. The van der Waals surface area contributed by atoms with E-state index in [0.29, 0.717) is 19.7 Å². The number of fused-ring (bicyclic) bond motifs is 1. The lowest BCUT2D eigenvalue weighted by molar-refractivity contribution is -0.137. The molecule has 3 aliphatic rings. The quantitative estimate of drug-likeness (QED) is 0.774. The number of hydrogen-bond acceptors (Lipinski definition) is 4. The van der Waals surface area contributed by atoms with Crippen molar-refractivity contribution in [2.45, 2.75) is 43.5 Å². The lowest BCUT2D eigenvalue weighted by Gasteiger charge is -2.49. The van der Waals surface area contributed by atoms with Crippen LogP contribution in [0.2, 0.25) is 0 Å². The van der Waals surface area contributed by atoms with Crippen molar-refractivity contribution in [2.24, 2.45) is 5.41 Å². The molecule has 0 N–H and O–H groups in total. The first kappa shape index (κ1) is 13.8. The SMILES string of the molecule is COCC12CCCOC1CCN(S(=O)(=O)C1CC1)C2. The van der Waals surface area contributed by atoms with Crippen LogP contribution in [0.25, 0.3) is 0 Å². The summed E-state index contributed by atoms with van der Waals surface area (Å²) in [7, 11) is -1.38. The second-order valence-corrected chi connectivity index (χ2v) is 8.34. The van der Waals surface area contributed by atoms with Gasteiger partial charge in [-0.1, -0.05) is 0 Å². The third-order valence-corrected chi connectivity index (χ3v) is 7.04. The maximum atomic E-state index is 12.4. The summed E-state index contributed by atoms with van der Waals surface area (Å²) in [4.78, 5) is 0. The molecular formula is C13H23NO4S. The summed E-state index contributed by atoms with van der Waals surface area (Å²) in [5, 5.41) is -0.117. The van der Waals surface area contributed by atoms with Gasteiger partial charge in [0, 0.05) is 32.2 Å². The second kappa shape index (κ2) is 4.98. The zero-order valence-corrected chi connectivity index (χ0v) is 12.3. The monoisotopic (exact) mass is 289 g/mol. The van der Waals surface area contributed by atoms with Crippen LogP contribution in [0, 0.1) is 5.41 Å². The highest BCUT2D eigenvalue weighted by molar-refractivity contribution is 7.90. The predicted octanol–water partition coefficient (Wildman–Crippen LogP) is 0.996. The molecule has 2 unspecified atom stereocenters. The molecule has 0 aromatic heterocycles. The summed E-state index contributed by atoms with van der Waals surface area (Å²) >= 11 is 0. The van der Waals surface area contributed by atoms with Crippen LogP contribution in [0.4, 0.5) is 0 Å². The van der Waals surface area contributed by atoms with Gasteiger partial charge in [-0.3, -0.25) is 0 Å². The first-order valence-electron chi connectivity index (χ1n) is 7.18. The average molecular weight is 289 g/mol. The van der Waals surface area contributed by atoms with Crippen LogP contribution >= 0.6 is 0 Å². The summed E-state index contributed by atoms with van der Waals surface area (Å²) in [5.74, 6) is 0. The van der Waals surface area contributed by atoms with Crippen LogP contribution in [-0.4, -0.2) is 57.5 Å². The molecule has 1 aliphatic carbocycles. The van der Waals surface area contributed by atoms with Crippen molar-refractivity contribution in [2.75, 3.05) is 33.4 Å². The Morgan fingerprint density at radius 3 is 2.84 bits per heavy atom. The van der Waals surface area contributed by atoms with Crippen molar-refractivity contribution in [1.82, 2.24) is 4.31 Å². The molecule has 19 heavy (non-hydrogen) atoms. The van der Waals surface area contributed by atoms with Gasteiger partial charge in [0.2, 0.25) is 10.0 Å². The van der Waals surface area contributed by atoms with E-state index >= 15 is 0 Å². The molecule has 110 valence electrons. The van der Waals surface area contributed by atoms with Gasteiger partial charge in [-0.15, -0.1) is 0 Å². The number of piperidine rings is 1. The third-order valence-electron chi connectivity index (χ3n) is 4.69. The van der Waals surface area contributed by atoms with Crippen molar-refractivity contribution in [3.8, 4) is 0 Å². The third kappa shape index (κ3) is 2.44. The van der Waals surface area contributed by atoms with E-state index in [0.717, 1.165) is 38.7 Å². The zero-order chi connectivity index (χ0) is 13.5. The summed E-state index contributed by atoms with van der Waals surface area (Å²) in [6.07, 6.45) is 4.62. The smallest absolute Gasteiger partial charge is 0.217 e. The number of ether oxygens (including phenoxy) is 2. The molecule has 0 bridgehead atoms. The minimum atomic E-state index is -3.07. The Labute approximate surface area is 115 Å². The van der Waals surface area contributed by atoms with Crippen molar-refractivity contribution < 1.29 is 17.9 Å². The van der Waals surface area contributed by atoms with Crippen molar-refractivity contribution in [1.29, 1.82) is 0 Å². The molecule has 0 aromatic rings. The zero-order valence-electron chi connectivity index (χ0n) is 11.5. The Balaban J connectivity index is 1.80. The number of nitrogens with zero attached hydrogens (tertiary/aromatic N) is 1. The normalized spacial score (nSPS) is 37.0. The molecule has 0 radical (unpaired) electrons. The molecule has 0 amide bonds. The van der Waals surface area contributed by atoms with Crippen molar-refractivity contribution in [3.05, 3.63) is 0 Å². The molecule has 0 spiro atoms. The minimum Gasteiger partial charge on any atom is -0.384 e. The van der Waals surface area contributed by atoms with E-state index in [4.69, 9.17) is 9.47 Å². The molecule has 2 atom stereocenters. The van der Waals surface area contributed by atoms with Crippen LogP contribution < -0.4 is 0 Å². The van der Waals surface area contributed by atoms with E-state index in [-0.39, 0.29) is 16.8 Å². The number of sulfonamides is 1. The van der Waals surface area contributed by atoms with Gasteiger partial charge in [-0.2, -0.15) is 0 Å². The van der Waals surface area contributed by atoms with E-state index in [2.05, 4.69) is 0 Å². The Kier molecular flexibility index (Phi) is 3.62. The van der Waals surface area contributed by atoms with Crippen LogP contribution in [-0.2, 0) is 19.5 Å². The predicted molar refractivity (Wildman–Crippen MR) is 71.4 cm³/mol. The summed E-state index contributed by atoms with van der Waals surface area (Å²) < 4.78 is 37.8. The van der Waals surface area contributed by atoms with Gasteiger partial charge in [0.1, 0.15) is 0 Å². The Bertz CT molecular complexity index is 430. The van der Waals surface area contributed by atoms with Gasteiger partial charge in [0.15, 0.2) is 0 Å². The molecule has 1 saturated carbocycles. The van der Waals surface area contributed by atoms with Crippen molar-refractivity contribution in [3.63, 3.8) is 0 Å². The topological polar surface area (TPSA) is 55.8 Å². The maximum absolute atomic E-state index is 12.4. The summed E-state index contributed by atoms with van der Waals surface area (Å²) in [6.45, 7) is 2.57. The highest BCUT2D eigenvalue weighted by Crippen LogP contribution is 2.43. The fraction of sp³-hybridized carbons (Fsp3) is 1.00. The first-order valence-corrected chi connectivity index (χ1v) is 8.68. The van der Waals surface area contributed by atoms with Crippen LogP contribution in [0.5, 0.6) is 0 Å². The molecule has 2 heterocycles. The molecule has 2 aliphatic heterocycles. The second-order valence-electron chi connectivity index (χ2n) is 6.12. The fourth-order valence-electron chi connectivity index (χ4n) is 3.54. The number of rotatable bonds is 4. The van der Waals surface area contributed by atoms with E-state index in [9.17, 15) is 8.42 Å². The van der Waals surface area contributed by atoms with E-state index in [1.807, 2.05) is 0 Å². The van der Waals surface area contributed by atoms with Gasteiger partial charge >= 0.3 is 0 Å². The van der Waals surface area contributed by atoms with Gasteiger partial charge in [-0.05, 0) is 32.1 Å². The van der Waals surface area contributed by atoms with Crippen LogP contribution in [0.3, 0.4) is 0 Å². The van der Waals surface area contributed by atoms with Crippen LogP contribution in [0.1, 0.15) is 32.1 Å². The van der Waals surface area contributed by atoms with E-state index in [1.54, 1.807) is 11.4 Å². The largest absolute Gasteiger partial charge is 0.384 e. The lowest BCUT2D eigenvalue weighted by Crippen LogP contribution is -2.58. The minimum absolute atomic E-state index is 0.117. The van der Waals surface area contributed by atoms with E-state index < -0.39 is 10.0 Å². The number of methoxy groups -OCH3 is 1. The Morgan fingerprint density at radius 2 is 2.16 bits per heavy atom. The van der Waals surface area contributed by atoms with Gasteiger partial charge in [0.25, 0.3) is 0 Å². The molecule has 3 rings (SSSR count). The standard InChI is InChI=1S/C13H23NO4S/c1-17-10-13-6-2-8-18-12(13)5-7-14(9-13)19(15,16)11-3-4-11/h11-12H,2-10H2,1H3. The molecule has 2 saturated heterocycles. The number of hydrogen-bond donors (Lipinski definition) is 0. The molecule has 3 fully saturated rings. The van der Waals surface area contributed by atoms with E-state index in [1.165, 1.54) is 0 Å². The highest BCUT2D eigenvalue weighted by atomic mass is 32.2. The molecule has 0 aromatic carbocycles. The van der Waals surface area contributed by atoms with Crippen LogP contribution in [0.15, 0.2) is 0 Å². The summed E-state index contributed by atoms with van der Waals surface area (Å²) in [5.41, 5.74) is -0.132. The van der Waals surface area contributed by atoms with Gasteiger partial charge < -0.3 is 9.47 Å². The lowest BCUT2D eigenvalue weighted by atomic mass is 9.73. The molecule has 6 heteroatoms. The maximum Gasteiger partial charge on any atom is 0.217 e. The van der Waals surface area contributed by atoms with Gasteiger partial charge in [0.05, 0.1) is 18.0 Å². The fourth-order valence-corrected chi connectivity index (χ4v) is 5.49. The highest BCUT2D eigenvalue weighted by Gasteiger charge is 2.50.